The molecule has 1 N–H and O–H groups in total. The van der Waals surface area contributed by atoms with Crippen LogP contribution in [0.1, 0.15) is 137 Å². The highest BCUT2D eigenvalue weighted by atomic mass is 35.5. The standard InChI is InChI=1S/C29H58N2O.ClH/c1-6-9-10-11-12-13-14-15-16-17-18-19-20-21-22-23-25-31(8-3,26-28(4)5)27-30-29(32)24-7-2;/h7,24,28H,6,8-23,25-27H2,1-5H3;1H. The van der Waals surface area contributed by atoms with Crippen molar-refractivity contribution < 1.29 is 21.7 Å². The Morgan fingerprint density at radius 1 is 0.758 bits per heavy atom. The Labute approximate surface area is 214 Å². The molecular formula is C29H59ClN2O. The highest BCUT2D eigenvalue weighted by Crippen LogP contribution is 2.16. The molecule has 0 bridgehead atoms. The molecule has 1 unspecified atom stereocenters. The van der Waals surface area contributed by atoms with Gasteiger partial charge in [-0.15, -0.1) is 0 Å². The number of halogens is 1. The summed E-state index contributed by atoms with van der Waals surface area (Å²) in [5, 5.41) is 3.13. The van der Waals surface area contributed by atoms with Gasteiger partial charge in [0.2, 0.25) is 5.91 Å². The lowest BCUT2D eigenvalue weighted by Crippen LogP contribution is -3.00. The van der Waals surface area contributed by atoms with Crippen molar-refractivity contribution in [3.05, 3.63) is 12.2 Å². The zero-order valence-electron chi connectivity index (χ0n) is 23.1. The Balaban J connectivity index is 0. The number of carbonyl (C=O) groups is 1. The fourth-order valence-electron chi connectivity index (χ4n) is 4.86. The lowest BCUT2D eigenvalue weighted by Gasteiger charge is -2.39. The van der Waals surface area contributed by atoms with E-state index in [9.17, 15) is 4.79 Å². The molecule has 0 aromatic rings. The second kappa shape index (κ2) is 24.6. The Hall–Kier alpha value is -0.540. The zero-order valence-corrected chi connectivity index (χ0v) is 23.9. The fraction of sp³-hybridized carbons (Fsp3) is 0.897. The Kier molecular flexibility index (Phi) is 25.8. The molecule has 0 aromatic carbocycles. The number of unbranched alkanes of at least 4 members (excludes halogenated alkanes) is 15. The SMILES string of the molecule is CC=CC(=O)NC[N+](CC)(CCCCCCCCCCCCCCCCCC)CC(C)C.[Cl-]. The van der Waals surface area contributed by atoms with Crippen LogP contribution in [0.25, 0.3) is 0 Å². The van der Waals surface area contributed by atoms with E-state index in [2.05, 4.69) is 33.0 Å². The van der Waals surface area contributed by atoms with Crippen LogP contribution in [0.4, 0.5) is 0 Å². The van der Waals surface area contributed by atoms with E-state index >= 15 is 0 Å². The number of rotatable bonds is 23. The maximum absolute atomic E-state index is 11.9. The van der Waals surface area contributed by atoms with Gasteiger partial charge in [-0.25, -0.2) is 0 Å². The van der Waals surface area contributed by atoms with Crippen LogP contribution in [-0.4, -0.2) is 36.7 Å². The van der Waals surface area contributed by atoms with Gasteiger partial charge >= 0.3 is 0 Å². The first-order chi connectivity index (χ1) is 15.5. The van der Waals surface area contributed by atoms with E-state index < -0.39 is 0 Å². The molecule has 0 saturated carbocycles. The molecule has 1 amide bonds. The van der Waals surface area contributed by atoms with Gasteiger partial charge in [-0.1, -0.05) is 117 Å². The molecule has 0 aliphatic carbocycles. The summed E-state index contributed by atoms with van der Waals surface area (Å²) in [6.07, 6.45) is 26.0. The summed E-state index contributed by atoms with van der Waals surface area (Å²) in [4.78, 5) is 11.9. The maximum Gasteiger partial charge on any atom is 0.247 e. The monoisotopic (exact) mass is 486 g/mol. The van der Waals surface area contributed by atoms with E-state index in [-0.39, 0.29) is 18.3 Å². The van der Waals surface area contributed by atoms with E-state index in [1.54, 1.807) is 6.08 Å². The van der Waals surface area contributed by atoms with Crippen LogP contribution in [0, 0.1) is 5.92 Å². The van der Waals surface area contributed by atoms with E-state index in [1.165, 1.54) is 109 Å². The number of nitrogens with one attached hydrogen (secondary N) is 1. The van der Waals surface area contributed by atoms with Gasteiger partial charge in [-0.05, 0) is 32.8 Å². The summed E-state index contributed by atoms with van der Waals surface area (Å²) < 4.78 is 1.01. The van der Waals surface area contributed by atoms with E-state index in [1.807, 2.05) is 13.0 Å². The van der Waals surface area contributed by atoms with Gasteiger partial charge in [-0.2, -0.15) is 0 Å². The van der Waals surface area contributed by atoms with Crippen LogP contribution in [0.2, 0.25) is 0 Å². The molecule has 1 atom stereocenters. The van der Waals surface area contributed by atoms with Crippen LogP contribution < -0.4 is 17.7 Å². The fourth-order valence-corrected chi connectivity index (χ4v) is 4.86. The highest BCUT2D eigenvalue weighted by molar-refractivity contribution is 5.87. The van der Waals surface area contributed by atoms with Crippen molar-refractivity contribution in [3.8, 4) is 0 Å². The molecule has 0 rings (SSSR count). The number of amides is 1. The van der Waals surface area contributed by atoms with E-state index in [4.69, 9.17) is 0 Å². The van der Waals surface area contributed by atoms with Crippen LogP contribution in [-0.2, 0) is 4.79 Å². The van der Waals surface area contributed by atoms with Crippen molar-refractivity contribution in [2.75, 3.05) is 26.3 Å². The number of quaternary nitrogens is 1. The number of carbonyl (C=O) groups excluding carboxylic acids is 1. The van der Waals surface area contributed by atoms with Gasteiger partial charge in [-0.3, -0.25) is 4.79 Å². The number of nitrogens with zero attached hydrogens (tertiary/aromatic N) is 1. The molecule has 198 valence electrons. The normalized spacial score (nSPS) is 13.3. The number of hydrogen-bond donors (Lipinski definition) is 1. The summed E-state index contributed by atoms with van der Waals surface area (Å²) in [6, 6.07) is 0. The second-order valence-corrected chi connectivity index (χ2v) is 10.5. The van der Waals surface area contributed by atoms with E-state index in [0.717, 1.165) is 24.2 Å². The molecule has 33 heavy (non-hydrogen) atoms. The van der Waals surface area contributed by atoms with Crippen LogP contribution in [0.15, 0.2) is 12.2 Å². The molecule has 3 nitrogen and oxygen atoms in total. The Bertz CT molecular complexity index is 453. The summed E-state index contributed by atoms with van der Waals surface area (Å²) in [5.74, 6) is 0.689. The summed E-state index contributed by atoms with van der Waals surface area (Å²) >= 11 is 0. The lowest BCUT2D eigenvalue weighted by atomic mass is 10.0. The van der Waals surface area contributed by atoms with Crippen molar-refractivity contribution in [1.29, 1.82) is 0 Å². The topological polar surface area (TPSA) is 29.1 Å². The van der Waals surface area contributed by atoms with Crippen LogP contribution in [0.3, 0.4) is 0 Å². The van der Waals surface area contributed by atoms with Gasteiger partial charge in [0.1, 0.15) is 0 Å². The number of allylic oxidation sites excluding steroid dienone is 1. The first-order valence-corrected chi connectivity index (χ1v) is 14.2. The minimum Gasteiger partial charge on any atom is -1.00 e. The molecular weight excluding hydrogens is 428 g/mol. The summed E-state index contributed by atoms with van der Waals surface area (Å²) in [5.41, 5.74) is 0. The molecule has 0 aliphatic rings. The average molecular weight is 487 g/mol. The molecule has 0 radical (unpaired) electrons. The zero-order chi connectivity index (χ0) is 23.9. The minimum absolute atomic E-state index is 0. The maximum atomic E-state index is 11.9. The molecule has 0 fully saturated rings. The largest absolute Gasteiger partial charge is 1.00 e. The Morgan fingerprint density at radius 2 is 1.18 bits per heavy atom. The smallest absolute Gasteiger partial charge is 0.247 e. The van der Waals surface area contributed by atoms with E-state index in [0.29, 0.717) is 5.92 Å². The summed E-state index contributed by atoms with van der Waals surface area (Å²) in [7, 11) is 0. The van der Waals surface area contributed by atoms with Crippen LogP contribution in [0.5, 0.6) is 0 Å². The van der Waals surface area contributed by atoms with Crippen molar-refractivity contribution >= 4 is 5.91 Å². The van der Waals surface area contributed by atoms with Gasteiger partial charge < -0.3 is 22.2 Å². The lowest BCUT2D eigenvalue weighted by molar-refractivity contribution is -0.931. The quantitative estimate of drug-likeness (QED) is 0.0891. The molecule has 0 heterocycles. The molecule has 4 heteroatoms. The summed E-state index contributed by atoms with van der Waals surface area (Å²) in [6.45, 7) is 15.2. The predicted molar refractivity (Wildman–Crippen MR) is 143 cm³/mol. The third kappa shape index (κ3) is 21.7. The van der Waals surface area contributed by atoms with Crippen molar-refractivity contribution in [3.63, 3.8) is 0 Å². The van der Waals surface area contributed by atoms with Gasteiger partial charge in [0, 0.05) is 5.92 Å². The highest BCUT2D eigenvalue weighted by Gasteiger charge is 2.26. The third-order valence-electron chi connectivity index (χ3n) is 6.82. The number of hydrogen-bond acceptors (Lipinski definition) is 1. The molecule has 0 aromatic heterocycles. The first-order valence-electron chi connectivity index (χ1n) is 14.2. The average Bonchev–Trinajstić information content (AvgIpc) is 2.77. The van der Waals surface area contributed by atoms with Crippen LogP contribution >= 0.6 is 0 Å². The Morgan fingerprint density at radius 3 is 1.55 bits per heavy atom. The van der Waals surface area contributed by atoms with Crippen molar-refractivity contribution in [2.24, 2.45) is 5.92 Å². The van der Waals surface area contributed by atoms with Gasteiger partial charge in [0.05, 0.1) is 19.6 Å². The molecule has 0 saturated heterocycles. The third-order valence-corrected chi connectivity index (χ3v) is 6.82. The molecule has 0 spiro atoms. The van der Waals surface area contributed by atoms with Crippen molar-refractivity contribution in [2.45, 2.75) is 137 Å². The van der Waals surface area contributed by atoms with Gasteiger partial charge in [0.15, 0.2) is 6.67 Å². The van der Waals surface area contributed by atoms with Crippen molar-refractivity contribution in [1.82, 2.24) is 5.32 Å². The first kappa shape index (κ1) is 34.6. The second-order valence-electron chi connectivity index (χ2n) is 10.5. The predicted octanol–water partition coefficient (Wildman–Crippen LogP) is 5.39. The molecule has 0 aliphatic heterocycles. The van der Waals surface area contributed by atoms with Gasteiger partial charge in [0.25, 0.3) is 0 Å². The minimum atomic E-state index is 0.